The molecule has 20 heavy (non-hydrogen) atoms. The lowest BCUT2D eigenvalue weighted by Crippen LogP contribution is -2.53. The molecule has 104 valence electrons. The van der Waals surface area contributed by atoms with Gasteiger partial charge in [0.25, 0.3) is 5.91 Å². The fraction of sp³-hybridized carbons (Fsp3) is 0.286. The molecule has 0 saturated heterocycles. The number of nitrogens with zero attached hydrogens (tertiary/aromatic N) is 1. The van der Waals surface area contributed by atoms with E-state index in [0.29, 0.717) is 11.4 Å². The van der Waals surface area contributed by atoms with Gasteiger partial charge in [0, 0.05) is 6.42 Å². The molecule has 0 aliphatic carbocycles. The van der Waals surface area contributed by atoms with Crippen LogP contribution in [0.25, 0.3) is 0 Å². The lowest BCUT2D eigenvalue weighted by molar-refractivity contribution is -0.125. The van der Waals surface area contributed by atoms with E-state index in [2.05, 4.69) is 5.92 Å². The van der Waals surface area contributed by atoms with Crippen molar-refractivity contribution in [2.45, 2.75) is 18.6 Å². The van der Waals surface area contributed by atoms with Crippen LogP contribution in [0.4, 0.5) is 5.69 Å². The zero-order valence-electron chi connectivity index (χ0n) is 10.8. The molecule has 1 aromatic rings. The molecule has 2 rings (SSSR count). The number of terminal acetylenes is 1. The summed E-state index contributed by atoms with van der Waals surface area (Å²) in [6, 6.07) is 6.07. The summed E-state index contributed by atoms with van der Waals surface area (Å²) in [4.78, 5) is 25.0. The Kier molecular flexibility index (Phi) is 3.91. The predicted octanol–water partition coefficient (Wildman–Crippen LogP) is -0.383. The Morgan fingerprint density at radius 2 is 2.20 bits per heavy atom. The zero-order valence-corrected chi connectivity index (χ0v) is 10.8. The third-order valence-corrected chi connectivity index (χ3v) is 3.01. The summed E-state index contributed by atoms with van der Waals surface area (Å²) in [5.41, 5.74) is 11.6. The highest BCUT2D eigenvalue weighted by atomic mass is 16.5. The minimum Gasteiger partial charge on any atom is -0.477 e. The number of primary amides is 1. The molecule has 6 nitrogen and oxygen atoms in total. The largest absolute Gasteiger partial charge is 0.477 e. The predicted molar refractivity (Wildman–Crippen MR) is 73.8 cm³/mol. The zero-order chi connectivity index (χ0) is 14.7. The van der Waals surface area contributed by atoms with Crippen molar-refractivity contribution in [3.8, 4) is 18.1 Å². The van der Waals surface area contributed by atoms with E-state index in [9.17, 15) is 9.59 Å². The minimum atomic E-state index is -0.896. The molecular formula is C14H15N3O3. The van der Waals surface area contributed by atoms with Gasteiger partial charge in [-0.2, -0.15) is 0 Å². The Balaban J connectivity index is 2.34. The molecule has 1 heterocycles. The first kappa shape index (κ1) is 13.9. The van der Waals surface area contributed by atoms with Gasteiger partial charge in [-0.1, -0.05) is 12.1 Å². The van der Waals surface area contributed by atoms with E-state index in [0.717, 1.165) is 0 Å². The average Bonchev–Trinajstić information content (AvgIpc) is 2.45. The molecule has 6 heteroatoms. The van der Waals surface area contributed by atoms with Gasteiger partial charge in [-0.15, -0.1) is 12.3 Å². The number of benzene rings is 1. The summed E-state index contributed by atoms with van der Waals surface area (Å²) < 4.78 is 5.46. The van der Waals surface area contributed by atoms with Crippen molar-refractivity contribution in [1.29, 1.82) is 0 Å². The maximum atomic E-state index is 12.3. The van der Waals surface area contributed by atoms with Crippen LogP contribution in [0, 0.1) is 12.3 Å². The van der Waals surface area contributed by atoms with E-state index in [1.165, 1.54) is 4.90 Å². The smallest absolute Gasteiger partial charge is 0.260 e. The van der Waals surface area contributed by atoms with Crippen molar-refractivity contribution in [2.75, 3.05) is 11.4 Å². The molecule has 0 saturated carbocycles. The molecule has 1 aliphatic heterocycles. The Morgan fingerprint density at radius 1 is 1.50 bits per heavy atom. The highest BCUT2D eigenvalue weighted by Gasteiger charge is 2.34. The molecule has 2 atom stereocenters. The van der Waals surface area contributed by atoms with Gasteiger partial charge < -0.3 is 21.1 Å². The van der Waals surface area contributed by atoms with Crippen molar-refractivity contribution in [3.63, 3.8) is 0 Å². The van der Waals surface area contributed by atoms with Crippen molar-refractivity contribution in [1.82, 2.24) is 0 Å². The second-order valence-electron chi connectivity index (χ2n) is 4.44. The molecule has 0 bridgehead atoms. The maximum absolute atomic E-state index is 12.3. The van der Waals surface area contributed by atoms with Gasteiger partial charge >= 0.3 is 0 Å². The van der Waals surface area contributed by atoms with Crippen LogP contribution in [-0.2, 0) is 9.59 Å². The van der Waals surface area contributed by atoms with Crippen LogP contribution in [0.5, 0.6) is 5.75 Å². The van der Waals surface area contributed by atoms with Crippen LogP contribution in [0.1, 0.15) is 6.42 Å². The van der Waals surface area contributed by atoms with Crippen molar-refractivity contribution >= 4 is 17.5 Å². The number of rotatable bonds is 3. The maximum Gasteiger partial charge on any atom is 0.260 e. The quantitative estimate of drug-likeness (QED) is 0.733. The number of ether oxygens (including phenoxy) is 1. The van der Waals surface area contributed by atoms with Crippen LogP contribution in [-0.4, -0.2) is 30.5 Å². The summed E-state index contributed by atoms with van der Waals surface area (Å²) in [6.45, 7) is 0.0312. The lowest BCUT2D eigenvalue weighted by atomic mass is 10.1. The van der Waals surface area contributed by atoms with Gasteiger partial charge in [-0.05, 0) is 12.1 Å². The van der Waals surface area contributed by atoms with E-state index < -0.39 is 18.1 Å². The molecule has 0 fully saturated rings. The van der Waals surface area contributed by atoms with Crippen LogP contribution in [0.2, 0.25) is 0 Å². The summed E-state index contributed by atoms with van der Waals surface area (Å²) in [5.74, 6) is 1.78. The highest BCUT2D eigenvalue weighted by molar-refractivity contribution is 6.00. The Morgan fingerprint density at radius 3 is 2.85 bits per heavy atom. The standard InChI is InChI=1S/C14H15N3O3/c1-2-5-9(15)14(19)17-8-12(13(16)18)20-11-7-4-3-6-10(11)17/h1,3-4,6-7,9,12H,5,8,15H2,(H2,16,18). The second kappa shape index (κ2) is 5.63. The van der Waals surface area contributed by atoms with Gasteiger partial charge in [0.2, 0.25) is 5.91 Å². The average molecular weight is 273 g/mol. The SMILES string of the molecule is C#CCC(N)C(=O)N1CC(C(N)=O)Oc2ccccc21. The molecule has 4 N–H and O–H groups in total. The van der Waals surface area contributed by atoms with E-state index >= 15 is 0 Å². The van der Waals surface area contributed by atoms with Gasteiger partial charge in [-0.25, -0.2) is 0 Å². The summed E-state index contributed by atoms with van der Waals surface area (Å²) in [7, 11) is 0. The number of carbonyl (C=O) groups is 2. The Labute approximate surface area is 116 Å². The first-order valence-corrected chi connectivity index (χ1v) is 6.10. The molecule has 1 aliphatic rings. The Hall–Kier alpha value is -2.52. The van der Waals surface area contributed by atoms with Crippen LogP contribution < -0.4 is 21.1 Å². The van der Waals surface area contributed by atoms with E-state index in [1.807, 2.05) is 0 Å². The van der Waals surface area contributed by atoms with E-state index in [4.69, 9.17) is 22.6 Å². The van der Waals surface area contributed by atoms with Gasteiger partial charge in [0.1, 0.15) is 5.75 Å². The monoisotopic (exact) mass is 273 g/mol. The van der Waals surface area contributed by atoms with E-state index in [1.54, 1.807) is 24.3 Å². The fourth-order valence-corrected chi connectivity index (χ4v) is 2.01. The fourth-order valence-electron chi connectivity index (χ4n) is 2.01. The molecule has 1 aromatic carbocycles. The molecule has 2 amide bonds. The third kappa shape index (κ3) is 2.58. The van der Waals surface area contributed by atoms with Gasteiger partial charge in [-0.3, -0.25) is 9.59 Å². The number of nitrogens with two attached hydrogens (primary N) is 2. The Bertz CT molecular complexity index is 579. The highest BCUT2D eigenvalue weighted by Crippen LogP contribution is 2.33. The van der Waals surface area contributed by atoms with Gasteiger partial charge in [0.15, 0.2) is 6.10 Å². The number of para-hydroxylation sites is 2. The number of fused-ring (bicyclic) bond motifs is 1. The van der Waals surface area contributed by atoms with Crippen molar-refractivity contribution < 1.29 is 14.3 Å². The van der Waals surface area contributed by atoms with E-state index in [-0.39, 0.29) is 18.9 Å². The summed E-state index contributed by atoms with van der Waals surface area (Å²) in [5, 5.41) is 0. The van der Waals surface area contributed by atoms with Crippen LogP contribution >= 0.6 is 0 Å². The first-order chi connectivity index (χ1) is 9.54. The van der Waals surface area contributed by atoms with Crippen molar-refractivity contribution in [3.05, 3.63) is 24.3 Å². The number of anilines is 1. The van der Waals surface area contributed by atoms with Gasteiger partial charge in [0.05, 0.1) is 18.3 Å². The molecule has 0 aromatic heterocycles. The second-order valence-corrected chi connectivity index (χ2v) is 4.44. The topological polar surface area (TPSA) is 98.7 Å². The number of carbonyl (C=O) groups excluding carboxylic acids is 2. The minimum absolute atomic E-state index is 0.0312. The lowest BCUT2D eigenvalue weighted by Gasteiger charge is -2.34. The molecule has 0 spiro atoms. The third-order valence-electron chi connectivity index (χ3n) is 3.01. The van der Waals surface area contributed by atoms with Crippen LogP contribution in [0.3, 0.4) is 0 Å². The summed E-state index contributed by atoms with van der Waals surface area (Å²) in [6.07, 6.45) is 4.40. The number of hydrogen-bond acceptors (Lipinski definition) is 4. The number of amides is 2. The molecule has 0 radical (unpaired) electrons. The first-order valence-electron chi connectivity index (χ1n) is 6.10. The van der Waals surface area contributed by atoms with Crippen molar-refractivity contribution in [2.24, 2.45) is 11.5 Å². The molecular weight excluding hydrogens is 258 g/mol. The molecule has 2 unspecified atom stereocenters. The normalized spacial score (nSPS) is 18.4. The van der Waals surface area contributed by atoms with Crippen LogP contribution in [0.15, 0.2) is 24.3 Å². The number of hydrogen-bond donors (Lipinski definition) is 2. The summed E-state index contributed by atoms with van der Waals surface area (Å²) >= 11 is 0.